The van der Waals surface area contributed by atoms with Gasteiger partial charge in [0, 0.05) is 25.6 Å². The molecule has 1 aromatic carbocycles. The van der Waals surface area contributed by atoms with Crippen LogP contribution < -0.4 is 4.74 Å². The third-order valence-corrected chi connectivity index (χ3v) is 5.38. The highest BCUT2D eigenvalue weighted by molar-refractivity contribution is 5.28. The number of rotatable bonds is 6. The Morgan fingerprint density at radius 3 is 2.79 bits per heavy atom. The van der Waals surface area contributed by atoms with Crippen LogP contribution in [0.15, 0.2) is 24.3 Å². The van der Waals surface area contributed by atoms with Crippen LogP contribution in [0.25, 0.3) is 0 Å². The number of nitrogens with zero attached hydrogens (tertiary/aromatic N) is 2. The van der Waals surface area contributed by atoms with E-state index < -0.39 is 0 Å². The molecular formula is C20H32N2O2. The first-order valence-electron chi connectivity index (χ1n) is 9.49. The molecule has 0 aliphatic carbocycles. The first-order chi connectivity index (χ1) is 11.8. The maximum atomic E-state index is 6.04. The van der Waals surface area contributed by atoms with Gasteiger partial charge in [0.2, 0.25) is 0 Å². The Morgan fingerprint density at radius 1 is 1.21 bits per heavy atom. The molecule has 0 saturated carbocycles. The molecule has 0 aromatic heterocycles. The fourth-order valence-corrected chi connectivity index (χ4v) is 4.08. The van der Waals surface area contributed by atoms with Crippen molar-refractivity contribution in [3.8, 4) is 5.75 Å². The van der Waals surface area contributed by atoms with Crippen molar-refractivity contribution in [2.75, 3.05) is 46.4 Å². The summed E-state index contributed by atoms with van der Waals surface area (Å²) in [6, 6.07) is 9.12. The van der Waals surface area contributed by atoms with Gasteiger partial charge in [0.1, 0.15) is 5.75 Å². The summed E-state index contributed by atoms with van der Waals surface area (Å²) in [5.41, 5.74) is 1.30. The summed E-state index contributed by atoms with van der Waals surface area (Å²) in [6.45, 7) is 9.07. The van der Waals surface area contributed by atoms with E-state index in [4.69, 9.17) is 9.47 Å². The van der Waals surface area contributed by atoms with Crippen LogP contribution in [0.5, 0.6) is 5.75 Å². The second-order valence-corrected chi connectivity index (χ2v) is 7.12. The fraction of sp³-hybridized carbons (Fsp3) is 0.700. The van der Waals surface area contributed by atoms with Gasteiger partial charge in [-0.3, -0.25) is 4.90 Å². The van der Waals surface area contributed by atoms with E-state index in [1.54, 1.807) is 7.11 Å². The molecule has 2 saturated heterocycles. The van der Waals surface area contributed by atoms with Crippen molar-refractivity contribution >= 4 is 0 Å². The Balaban J connectivity index is 1.51. The largest absolute Gasteiger partial charge is 0.497 e. The summed E-state index contributed by atoms with van der Waals surface area (Å²) in [6.07, 6.45) is 5.17. The van der Waals surface area contributed by atoms with E-state index in [0.717, 1.165) is 37.9 Å². The number of hydrogen-bond donors (Lipinski definition) is 0. The van der Waals surface area contributed by atoms with Crippen LogP contribution in [0.1, 0.15) is 31.7 Å². The molecule has 2 aliphatic heterocycles. The standard InChI is InChI=1S/C20H32N2O2/c1-3-9-21-10-7-18(8-11-21)22-12-13-24-20(16-22)15-17-5-4-6-19(14-17)23-2/h4-6,14,18,20H,3,7-13,15-16H2,1-2H3/t20-/m0/s1. The van der Waals surface area contributed by atoms with Crippen molar-refractivity contribution in [1.29, 1.82) is 0 Å². The van der Waals surface area contributed by atoms with Crippen molar-refractivity contribution < 1.29 is 9.47 Å². The second-order valence-electron chi connectivity index (χ2n) is 7.12. The molecule has 0 radical (unpaired) electrons. The third kappa shape index (κ3) is 4.71. The Labute approximate surface area is 146 Å². The van der Waals surface area contributed by atoms with E-state index in [1.165, 1.54) is 44.5 Å². The molecule has 0 bridgehead atoms. The molecule has 4 heteroatoms. The lowest BCUT2D eigenvalue weighted by molar-refractivity contribution is -0.0511. The molecule has 24 heavy (non-hydrogen) atoms. The van der Waals surface area contributed by atoms with Gasteiger partial charge in [0.15, 0.2) is 0 Å². The van der Waals surface area contributed by atoms with Gasteiger partial charge in [-0.25, -0.2) is 0 Å². The first kappa shape index (κ1) is 17.7. The molecule has 2 fully saturated rings. The molecule has 0 unspecified atom stereocenters. The van der Waals surface area contributed by atoms with Crippen LogP contribution in [0.2, 0.25) is 0 Å². The highest BCUT2D eigenvalue weighted by atomic mass is 16.5. The SMILES string of the molecule is CCCN1CCC(N2CCO[C@@H](Cc3cccc(OC)c3)C2)CC1. The molecule has 3 rings (SSSR count). The summed E-state index contributed by atoms with van der Waals surface area (Å²) in [7, 11) is 1.73. The Hall–Kier alpha value is -1.10. The zero-order chi connectivity index (χ0) is 16.8. The maximum absolute atomic E-state index is 6.04. The predicted octanol–water partition coefficient (Wildman–Crippen LogP) is 2.81. The number of methoxy groups -OCH3 is 1. The predicted molar refractivity (Wildman–Crippen MR) is 97.8 cm³/mol. The average molecular weight is 332 g/mol. The van der Waals surface area contributed by atoms with Gasteiger partial charge < -0.3 is 14.4 Å². The number of benzene rings is 1. The van der Waals surface area contributed by atoms with Gasteiger partial charge in [-0.05, 0) is 56.6 Å². The monoisotopic (exact) mass is 332 g/mol. The van der Waals surface area contributed by atoms with Gasteiger partial charge in [-0.1, -0.05) is 19.1 Å². The van der Waals surface area contributed by atoms with Crippen molar-refractivity contribution in [3.05, 3.63) is 29.8 Å². The minimum Gasteiger partial charge on any atom is -0.497 e. The van der Waals surface area contributed by atoms with Gasteiger partial charge >= 0.3 is 0 Å². The van der Waals surface area contributed by atoms with Crippen molar-refractivity contribution in [1.82, 2.24) is 9.80 Å². The Kier molecular flexibility index (Phi) is 6.52. The van der Waals surface area contributed by atoms with Crippen LogP contribution in [-0.2, 0) is 11.2 Å². The number of likely N-dealkylation sites (tertiary alicyclic amines) is 1. The zero-order valence-electron chi connectivity index (χ0n) is 15.2. The minimum absolute atomic E-state index is 0.305. The number of morpholine rings is 1. The normalized spacial score (nSPS) is 24.2. The van der Waals surface area contributed by atoms with Gasteiger partial charge in [-0.2, -0.15) is 0 Å². The lowest BCUT2D eigenvalue weighted by atomic mass is 10.00. The minimum atomic E-state index is 0.305. The zero-order valence-corrected chi connectivity index (χ0v) is 15.2. The molecule has 2 heterocycles. The highest BCUT2D eigenvalue weighted by Gasteiger charge is 2.29. The van der Waals surface area contributed by atoms with Crippen LogP contribution in [0.4, 0.5) is 0 Å². The second kappa shape index (κ2) is 8.84. The van der Waals surface area contributed by atoms with Crippen LogP contribution in [-0.4, -0.2) is 68.4 Å². The van der Waals surface area contributed by atoms with E-state index in [0.29, 0.717) is 6.10 Å². The summed E-state index contributed by atoms with van der Waals surface area (Å²) >= 11 is 0. The molecule has 0 spiro atoms. The summed E-state index contributed by atoms with van der Waals surface area (Å²) < 4.78 is 11.4. The Bertz CT molecular complexity index is 500. The molecule has 1 atom stereocenters. The van der Waals surface area contributed by atoms with Crippen LogP contribution in [0.3, 0.4) is 0 Å². The van der Waals surface area contributed by atoms with Gasteiger partial charge in [0.05, 0.1) is 19.8 Å². The third-order valence-electron chi connectivity index (χ3n) is 5.38. The Morgan fingerprint density at radius 2 is 2.04 bits per heavy atom. The summed E-state index contributed by atoms with van der Waals surface area (Å²) in [4.78, 5) is 5.29. The fourth-order valence-electron chi connectivity index (χ4n) is 4.08. The van der Waals surface area contributed by atoms with E-state index in [9.17, 15) is 0 Å². The molecule has 134 valence electrons. The number of ether oxygens (including phenoxy) is 2. The first-order valence-corrected chi connectivity index (χ1v) is 9.49. The number of piperidine rings is 1. The van der Waals surface area contributed by atoms with E-state index in [2.05, 4.69) is 34.9 Å². The lowest BCUT2D eigenvalue weighted by Gasteiger charge is -2.42. The molecule has 2 aliphatic rings. The molecule has 1 aromatic rings. The quantitative estimate of drug-likeness (QED) is 0.800. The molecule has 0 N–H and O–H groups in total. The maximum Gasteiger partial charge on any atom is 0.119 e. The highest BCUT2D eigenvalue weighted by Crippen LogP contribution is 2.22. The van der Waals surface area contributed by atoms with E-state index in [1.807, 2.05) is 6.07 Å². The van der Waals surface area contributed by atoms with Gasteiger partial charge in [-0.15, -0.1) is 0 Å². The van der Waals surface area contributed by atoms with E-state index in [-0.39, 0.29) is 0 Å². The van der Waals surface area contributed by atoms with Crippen LogP contribution >= 0.6 is 0 Å². The van der Waals surface area contributed by atoms with Crippen molar-refractivity contribution in [3.63, 3.8) is 0 Å². The van der Waals surface area contributed by atoms with Crippen molar-refractivity contribution in [2.45, 2.75) is 44.8 Å². The molecular weight excluding hydrogens is 300 g/mol. The van der Waals surface area contributed by atoms with E-state index >= 15 is 0 Å². The van der Waals surface area contributed by atoms with Crippen molar-refractivity contribution in [2.24, 2.45) is 0 Å². The smallest absolute Gasteiger partial charge is 0.119 e. The van der Waals surface area contributed by atoms with Crippen LogP contribution in [0, 0.1) is 0 Å². The summed E-state index contributed by atoms with van der Waals surface area (Å²) in [5.74, 6) is 0.934. The number of hydrogen-bond acceptors (Lipinski definition) is 4. The van der Waals surface area contributed by atoms with Gasteiger partial charge in [0.25, 0.3) is 0 Å². The lowest BCUT2D eigenvalue weighted by Crippen LogP contribution is -2.52. The molecule has 4 nitrogen and oxygen atoms in total. The molecule has 0 amide bonds. The summed E-state index contributed by atoms with van der Waals surface area (Å²) in [5, 5.41) is 0. The topological polar surface area (TPSA) is 24.9 Å². The average Bonchev–Trinajstić information content (AvgIpc) is 2.63.